The Morgan fingerprint density at radius 2 is 1.75 bits per heavy atom. The SMILES string of the molecule is COCCCN(CCOC)C(=O)CC(=O)O. The lowest BCUT2D eigenvalue weighted by Gasteiger charge is -2.21. The molecule has 0 aromatic carbocycles. The molecule has 0 radical (unpaired) electrons. The number of aliphatic carboxylic acids is 1. The lowest BCUT2D eigenvalue weighted by molar-refractivity contribution is -0.144. The zero-order valence-corrected chi connectivity index (χ0v) is 9.77. The molecule has 0 aliphatic carbocycles. The van der Waals surface area contributed by atoms with Crippen molar-refractivity contribution in [2.45, 2.75) is 12.8 Å². The van der Waals surface area contributed by atoms with Gasteiger partial charge in [-0.05, 0) is 6.42 Å². The van der Waals surface area contributed by atoms with Gasteiger partial charge in [0.25, 0.3) is 0 Å². The highest BCUT2D eigenvalue weighted by Crippen LogP contribution is 1.97. The Labute approximate surface area is 95.1 Å². The van der Waals surface area contributed by atoms with Gasteiger partial charge in [0.05, 0.1) is 6.61 Å². The molecule has 0 saturated carbocycles. The number of carboxylic acid groups (broad SMARTS) is 1. The van der Waals surface area contributed by atoms with Gasteiger partial charge in [0.2, 0.25) is 5.91 Å². The quantitative estimate of drug-likeness (QED) is 0.447. The first-order valence-corrected chi connectivity index (χ1v) is 5.09. The van der Waals surface area contributed by atoms with Crippen LogP contribution in [0.2, 0.25) is 0 Å². The van der Waals surface area contributed by atoms with Crippen LogP contribution in [0.15, 0.2) is 0 Å². The minimum absolute atomic E-state index is 0.388. The second kappa shape index (κ2) is 9.11. The molecular formula is C10H19NO5. The van der Waals surface area contributed by atoms with Crippen molar-refractivity contribution in [2.75, 3.05) is 40.5 Å². The fourth-order valence-corrected chi connectivity index (χ4v) is 1.20. The second-order valence-electron chi connectivity index (χ2n) is 3.29. The number of methoxy groups -OCH3 is 2. The lowest BCUT2D eigenvalue weighted by Crippen LogP contribution is -2.36. The van der Waals surface area contributed by atoms with Gasteiger partial charge in [0, 0.05) is 33.9 Å². The summed E-state index contributed by atoms with van der Waals surface area (Å²) in [6.07, 6.45) is 0.211. The number of ether oxygens (including phenoxy) is 2. The van der Waals surface area contributed by atoms with Crippen LogP contribution in [0, 0.1) is 0 Å². The summed E-state index contributed by atoms with van der Waals surface area (Å²) < 4.78 is 9.73. The van der Waals surface area contributed by atoms with Crippen molar-refractivity contribution in [1.82, 2.24) is 4.90 Å². The predicted octanol–water partition coefficient (Wildman–Crippen LogP) is -0.0274. The van der Waals surface area contributed by atoms with Gasteiger partial charge >= 0.3 is 5.97 Å². The molecule has 0 aliphatic heterocycles. The maximum atomic E-state index is 11.5. The van der Waals surface area contributed by atoms with Gasteiger partial charge in [0.15, 0.2) is 0 Å². The summed E-state index contributed by atoms with van der Waals surface area (Å²) in [5.74, 6) is -1.50. The molecule has 0 rings (SSSR count). The predicted molar refractivity (Wildman–Crippen MR) is 57.2 cm³/mol. The fraction of sp³-hybridized carbons (Fsp3) is 0.800. The van der Waals surface area contributed by atoms with Gasteiger partial charge in [-0.2, -0.15) is 0 Å². The number of hydrogen-bond donors (Lipinski definition) is 1. The second-order valence-corrected chi connectivity index (χ2v) is 3.29. The van der Waals surface area contributed by atoms with Crippen LogP contribution < -0.4 is 0 Å². The van der Waals surface area contributed by atoms with Crippen molar-refractivity contribution in [3.63, 3.8) is 0 Å². The molecule has 16 heavy (non-hydrogen) atoms. The monoisotopic (exact) mass is 233 g/mol. The molecular weight excluding hydrogens is 214 g/mol. The summed E-state index contributed by atoms with van der Waals surface area (Å²) >= 11 is 0. The number of hydrogen-bond acceptors (Lipinski definition) is 4. The van der Waals surface area contributed by atoms with Gasteiger partial charge < -0.3 is 19.5 Å². The molecule has 0 atom stereocenters. The summed E-state index contributed by atoms with van der Waals surface area (Å²) in [6, 6.07) is 0. The average Bonchev–Trinajstić information content (AvgIpc) is 2.22. The van der Waals surface area contributed by atoms with Crippen LogP contribution in [0.4, 0.5) is 0 Å². The van der Waals surface area contributed by atoms with Crippen molar-refractivity contribution in [3.05, 3.63) is 0 Å². The van der Waals surface area contributed by atoms with E-state index in [4.69, 9.17) is 14.6 Å². The number of nitrogens with zero attached hydrogens (tertiary/aromatic N) is 1. The highest BCUT2D eigenvalue weighted by atomic mass is 16.5. The highest BCUT2D eigenvalue weighted by Gasteiger charge is 2.15. The standard InChI is InChI=1S/C10H19NO5/c1-15-6-3-4-11(5-7-16-2)9(12)8-10(13)14/h3-8H2,1-2H3,(H,13,14). The number of amides is 1. The van der Waals surface area contributed by atoms with Crippen LogP contribution in [-0.4, -0.2) is 62.4 Å². The number of carbonyl (C=O) groups excluding carboxylic acids is 1. The molecule has 6 heteroatoms. The normalized spacial score (nSPS) is 10.1. The lowest BCUT2D eigenvalue weighted by atomic mass is 10.3. The molecule has 0 aromatic rings. The molecule has 0 aromatic heterocycles. The highest BCUT2D eigenvalue weighted by molar-refractivity contribution is 5.93. The Morgan fingerprint density at radius 3 is 2.25 bits per heavy atom. The molecule has 1 N–H and O–H groups in total. The smallest absolute Gasteiger partial charge is 0.312 e. The first-order chi connectivity index (χ1) is 7.61. The summed E-state index contributed by atoms with van der Waals surface area (Å²) in [5, 5.41) is 8.53. The van der Waals surface area contributed by atoms with Crippen LogP contribution >= 0.6 is 0 Å². The molecule has 0 heterocycles. The van der Waals surface area contributed by atoms with E-state index < -0.39 is 12.4 Å². The number of carboxylic acids is 1. The Hall–Kier alpha value is -1.14. The molecule has 1 amide bonds. The first kappa shape index (κ1) is 14.9. The van der Waals surface area contributed by atoms with Crippen molar-refractivity contribution in [3.8, 4) is 0 Å². The van der Waals surface area contributed by atoms with E-state index in [1.807, 2.05) is 0 Å². The molecule has 6 nitrogen and oxygen atoms in total. The topological polar surface area (TPSA) is 76.1 Å². The number of carbonyl (C=O) groups is 2. The summed E-state index contributed by atoms with van der Waals surface area (Å²) in [6.45, 7) is 1.85. The van der Waals surface area contributed by atoms with Crippen LogP contribution in [0.5, 0.6) is 0 Å². The average molecular weight is 233 g/mol. The Kier molecular flexibility index (Phi) is 8.46. The van der Waals surface area contributed by atoms with Gasteiger partial charge in [0.1, 0.15) is 6.42 Å². The summed E-state index contributed by atoms with van der Waals surface area (Å²) in [5.41, 5.74) is 0. The third kappa shape index (κ3) is 7.19. The maximum absolute atomic E-state index is 11.5. The molecule has 0 bridgehead atoms. The molecule has 0 saturated heterocycles. The van der Waals surface area contributed by atoms with Crippen molar-refractivity contribution in [2.24, 2.45) is 0 Å². The van der Waals surface area contributed by atoms with E-state index in [1.165, 1.54) is 12.0 Å². The third-order valence-corrected chi connectivity index (χ3v) is 2.00. The molecule has 0 aliphatic rings. The molecule has 94 valence electrons. The van der Waals surface area contributed by atoms with Crippen LogP contribution in [0.1, 0.15) is 12.8 Å². The van der Waals surface area contributed by atoms with Crippen molar-refractivity contribution >= 4 is 11.9 Å². The van der Waals surface area contributed by atoms with Gasteiger partial charge in [-0.3, -0.25) is 9.59 Å². The Bertz CT molecular complexity index is 219. The zero-order chi connectivity index (χ0) is 12.4. The summed E-state index contributed by atoms with van der Waals surface area (Å²) in [4.78, 5) is 23.4. The molecule has 0 spiro atoms. The fourth-order valence-electron chi connectivity index (χ4n) is 1.20. The van der Waals surface area contributed by atoms with E-state index in [0.717, 1.165) is 0 Å². The molecule has 0 unspecified atom stereocenters. The van der Waals surface area contributed by atoms with Crippen LogP contribution in [-0.2, 0) is 19.1 Å². The first-order valence-electron chi connectivity index (χ1n) is 5.09. The van der Waals surface area contributed by atoms with Crippen molar-refractivity contribution < 1.29 is 24.2 Å². The largest absolute Gasteiger partial charge is 0.481 e. The molecule has 0 fully saturated rings. The van der Waals surface area contributed by atoms with Gasteiger partial charge in [-0.15, -0.1) is 0 Å². The maximum Gasteiger partial charge on any atom is 0.312 e. The van der Waals surface area contributed by atoms with E-state index in [9.17, 15) is 9.59 Å². The van der Waals surface area contributed by atoms with Crippen molar-refractivity contribution in [1.29, 1.82) is 0 Å². The van der Waals surface area contributed by atoms with E-state index in [-0.39, 0.29) is 5.91 Å². The minimum atomic E-state index is -1.11. The van der Waals surface area contributed by atoms with Crippen LogP contribution in [0.3, 0.4) is 0 Å². The van der Waals surface area contributed by atoms with Crippen LogP contribution in [0.25, 0.3) is 0 Å². The Morgan fingerprint density at radius 1 is 1.12 bits per heavy atom. The number of rotatable bonds is 9. The van der Waals surface area contributed by atoms with E-state index in [1.54, 1.807) is 7.11 Å². The van der Waals surface area contributed by atoms with E-state index in [0.29, 0.717) is 32.7 Å². The zero-order valence-electron chi connectivity index (χ0n) is 9.77. The Balaban J connectivity index is 4.06. The van der Waals surface area contributed by atoms with Gasteiger partial charge in [-0.1, -0.05) is 0 Å². The third-order valence-electron chi connectivity index (χ3n) is 2.00. The van der Waals surface area contributed by atoms with Gasteiger partial charge in [-0.25, -0.2) is 0 Å². The van der Waals surface area contributed by atoms with E-state index >= 15 is 0 Å². The van der Waals surface area contributed by atoms with E-state index in [2.05, 4.69) is 0 Å². The summed E-state index contributed by atoms with van der Waals surface area (Å²) in [7, 11) is 3.12. The minimum Gasteiger partial charge on any atom is -0.481 e.